The number of halogens is 2. The lowest BCUT2D eigenvalue weighted by Crippen LogP contribution is -2.14. The molecule has 0 radical (unpaired) electrons. The number of rotatable bonds is 5. The number of carbonyl (C=O) groups excluding carboxylic acids is 1. The van der Waals surface area contributed by atoms with Gasteiger partial charge in [0.25, 0.3) is 0 Å². The fraction of sp³-hybridized carbons (Fsp3) is 0.0769. The van der Waals surface area contributed by atoms with Crippen LogP contribution in [0.1, 0.15) is 10.6 Å². The van der Waals surface area contributed by atoms with Gasteiger partial charge in [0.15, 0.2) is 5.09 Å². The second-order valence-electron chi connectivity index (χ2n) is 3.88. The minimum absolute atomic E-state index is 0.0510. The number of amides is 1. The Morgan fingerprint density at radius 3 is 2.67 bits per heavy atom. The summed E-state index contributed by atoms with van der Waals surface area (Å²) in [5.74, 6) is -1.58. The number of carbonyl (C=O) groups is 2. The van der Waals surface area contributed by atoms with E-state index in [0.29, 0.717) is 20.8 Å². The summed E-state index contributed by atoms with van der Waals surface area (Å²) >= 11 is 12.8. The molecule has 2 aromatic rings. The quantitative estimate of drug-likeness (QED) is 0.800. The van der Waals surface area contributed by atoms with Crippen molar-refractivity contribution in [1.29, 1.82) is 0 Å². The first-order valence-corrected chi connectivity index (χ1v) is 7.40. The first kappa shape index (κ1) is 15.8. The lowest BCUT2D eigenvalue weighted by Gasteiger charge is -2.06. The summed E-state index contributed by atoms with van der Waals surface area (Å²) in [4.78, 5) is 22.5. The standard InChI is InChI=1S/C13H9Cl2NO4S/c14-7-1-2-8(15)9(5-7)16-11(17)6-21-12-4-3-10(20-12)13(18)19/h1-5H,6H2,(H,16,17)(H,18,19). The Morgan fingerprint density at radius 1 is 1.24 bits per heavy atom. The highest BCUT2D eigenvalue weighted by Crippen LogP contribution is 2.26. The number of carboxylic acid groups (broad SMARTS) is 1. The van der Waals surface area contributed by atoms with Gasteiger partial charge in [-0.05, 0) is 30.3 Å². The Morgan fingerprint density at radius 2 is 2.00 bits per heavy atom. The van der Waals surface area contributed by atoms with E-state index in [1.807, 2.05) is 0 Å². The van der Waals surface area contributed by atoms with Crippen LogP contribution in [0, 0.1) is 0 Å². The van der Waals surface area contributed by atoms with Crippen LogP contribution in [-0.2, 0) is 4.79 Å². The SMILES string of the molecule is O=C(CSc1ccc(C(=O)O)o1)Nc1cc(Cl)ccc1Cl. The molecule has 0 atom stereocenters. The van der Waals surface area contributed by atoms with Crippen molar-refractivity contribution in [3.8, 4) is 0 Å². The van der Waals surface area contributed by atoms with Crippen LogP contribution in [0.4, 0.5) is 5.69 Å². The van der Waals surface area contributed by atoms with Crippen LogP contribution in [0.15, 0.2) is 39.8 Å². The van der Waals surface area contributed by atoms with Gasteiger partial charge in [0.1, 0.15) is 0 Å². The number of furan rings is 1. The molecule has 0 spiro atoms. The maximum atomic E-state index is 11.8. The monoisotopic (exact) mass is 345 g/mol. The van der Waals surface area contributed by atoms with E-state index in [-0.39, 0.29) is 17.4 Å². The van der Waals surface area contributed by atoms with E-state index in [2.05, 4.69) is 5.32 Å². The molecule has 8 heteroatoms. The Labute approximate surface area is 134 Å². The zero-order chi connectivity index (χ0) is 15.4. The van der Waals surface area contributed by atoms with Crippen molar-refractivity contribution in [2.24, 2.45) is 0 Å². The molecular weight excluding hydrogens is 337 g/mol. The minimum Gasteiger partial charge on any atom is -0.475 e. The molecule has 0 unspecified atom stereocenters. The Kier molecular flexibility index (Phi) is 5.17. The summed E-state index contributed by atoms with van der Waals surface area (Å²) in [6.07, 6.45) is 0. The Balaban J connectivity index is 1.92. The van der Waals surface area contributed by atoms with Gasteiger partial charge < -0.3 is 14.8 Å². The van der Waals surface area contributed by atoms with E-state index in [9.17, 15) is 9.59 Å². The van der Waals surface area contributed by atoms with Crippen molar-refractivity contribution in [2.45, 2.75) is 5.09 Å². The summed E-state index contributed by atoms with van der Waals surface area (Å²) in [6, 6.07) is 7.56. The number of carboxylic acids is 1. The van der Waals surface area contributed by atoms with Crippen LogP contribution in [0.5, 0.6) is 0 Å². The van der Waals surface area contributed by atoms with Crippen molar-refractivity contribution in [2.75, 3.05) is 11.1 Å². The summed E-state index contributed by atoms with van der Waals surface area (Å²) in [5.41, 5.74) is 0.417. The smallest absolute Gasteiger partial charge is 0.371 e. The number of hydrogen-bond donors (Lipinski definition) is 2. The largest absolute Gasteiger partial charge is 0.475 e. The first-order chi connectivity index (χ1) is 9.95. The molecule has 5 nitrogen and oxygen atoms in total. The fourth-order valence-corrected chi connectivity index (χ4v) is 2.42. The molecule has 0 fully saturated rings. The summed E-state index contributed by atoms with van der Waals surface area (Å²) < 4.78 is 5.02. The molecule has 1 amide bonds. The molecule has 0 aliphatic heterocycles. The third kappa shape index (κ3) is 4.42. The van der Waals surface area contributed by atoms with Crippen LogP contribution in [-0.4, -0.2) is 22.7 Å². The third-order valence-corrected chi connectivity index (χ3v) is 3.82. The van der Waals surface area contributed by atoms with Crippen LogP contribution in [0.3, 0.4) is 0 Å². The van der Waals surface area contributed by atoms with E-state index in [4.69, 9.17) is 32.7 Å². The zero-order valence-electron chi connectivity index (χ0n) is 10.4. The molecule has 0 bridgehead atoms. The molecular formula is C13H9Cl2NO4S. The molecule has 21 heavy (non-hydrogen) atoms. The highest BCUT2D eigenvalue weighted by molar-refractivity contribution is 7.99. The van der Waals surface area contributed by atoms with Gasteiger partial charge in [-0.2, -0.15) is 0 Å². The predicted octanol–water partition coefficient (Wildman–Crippen LogP) is 4.02. The molecule has 0 saturated heterocycles. The van der Waals surface area contributed by atoms with Crippen LogP contribution in [0.2, 0.25) is 10.0 Å². The van der Waals surface area contributed by atoms with Crippen molar-refractivity contribution < 1.29 is 19.1 Å². The van der Waals surface area contributed by atoms with Crippen molar-refractivity contribution in [1.82, 2.24) is 0 Å². The second-order valence-corrected chi connectivity index (χ2v) is 5.71. The second kappa shape index (κ2) is 6.89. The van der Waals surface area contributed by atoms with Crippen LogP contribution in [0.25, 0.3) is 0 Å². The summed E-state index contributed by atoms with van der Waals surface area (Å²) in [7, 11) is 0. The molecule has 0 aliphatic rings. The molecule has 110 valence electrons. The van der Waals surface area contributed by atoms with Crippen LogP contribution < -0.4 is 5.32 Å². The van der Waals surface area contributed by atoms with Gasteiger partial charge in [0.05, 0.1) is 16.5 Å². The maximum Gasteiger partial charge on any atom is 0.371 e. The highest BCUT2D eigenvalue weighted by Gasteiger charge is 2.12. The van der Waals surface area contributed by atoms with Gasteiger partial charge in [-0.1, -0.05) is 35.0 Å². The zero-order valence-corrected chi connectivity index (χ0v) is 12.8. The number of nitrogens with one attached hydrogen (secondary N) is 1. The van der Waals surface area contributed by atoms with Crippen molar-refractivity contribution in [3.05, 3.63) is 46.1 Å². The number of anilines is 1. The van der Waals surface area contributed by atoms with Gasteiger partial charge in [0, 0.05) is 5.02 Å². The maximum absolute atomic E-state index is 11.8. The van der Waals surface area contributed by atoms with Gasteiger partial charge in [-0.25, -0.2) is 4.79 Å². The number of benzene rings is 1. The van der Waals surface area contributed by atoms with Gasteiger partial charge in [0.2, 0.25) is 11.7 Å². The van der Waals surface area contributed by atoms with E-state index >= 15 is 0 Å². The minimum atomic E-state index is -1.16. The molecule has 1 aromatic carbocycles. The normalized spacial score (nSPS) is 10.4. The molecule has 0 saturated carbocycles. The molecule has 0 aliphatic carbocycles. The molecule has 2 rings (SSSR count). The van der Waals surface area contributed by atoms with E-state index in [1.54, 1.807) is 18.2 Å². The van der Waals surface area contributed by atoms with E-state index in [0.717, 1.165) is 11.8 Å². The number of aromatic carboxylic acids is 1. The molecule has 2 N–H and O–H groups in total. The van der Waals surface area contributed by atoms with Gasteiger partial charge >= 0.3 is 5.97 Å². The van der Waals surface area contributed by atoms with Gasteiger partial charge in [-0.3, -0.25) is 4.79 Å². The average molecular weight is 346 g/mol. The lowest BCUT2D eigenvalue weighted by atomic mass is 10.3. The van der Waals surface area contributed by atoms with Crippen molar-refractivity contribution in [3.63, 3.8) is 0 Å². The van der Waals surface area contributed by atoms with Gasteiger partial charge in [-0.15, -0.1) is 0 Å². The van der Waals surface area contributed by atoms with E-state index < -0.39 is 5.97 Å². The molecule has 1 heterocycles. The predicted molar refractivity (Wildman–Crippen MR) is 81.5 cm³/mol. The Bertz CT molecular complexity index is 687. The highest BCUT2D eigenvalue weighted by atomic mass is 35.5. The topological polar surface area (TPSA) is 79.5 Å². The molecule has 1 aromatic heterocycles. The van der Waals surface area contributed by atoms with E-state index in [1.165, 1.54) is 12.1 Å². The number of hydrogen-bond acceptors (Lipinski definition) is 4. The fourth-order valence-electron chi connectivity index (χ4n) is 1.43. The summed E-state index contributed by atoms with van der Waals surface area (Å²) in [6.45, 7) is 0. The van der Waals surface area contributed by atoms with Crippen LogP contribution >= 0.6 is 35.0 Å². The average Bonchev–Trinajstić information content (AvgIpc) is 2.90. The Hall–Kier alpha value is -1.63. The summed E-state index contributed by atoms with van der Waals surface area (Å²) in [5, 5.41) is 12.5. The lowest BCUT2D eigenvalue weighted by molar-refractivity contribution is -0.113. The van der Waals surface area contributed by atoms with Crippen molar-refractivity contribution >= 4 is 52.5 Å². The first-order valence-electron chi connectivity index (χ1n) is 5.66. The number of thioether (sulfide) groups is 1. The third-order valence-electron chi connectivity index (χ3n) is 2.34.